The molecule has 1 amide bonds. The van der Waals surface area contributed by atoms with Gasteiger partial charge >= 0.3 is 0 Å². The molecule has 0 unspecified atom stereocenters. The molecule has 1 N–H and O–H groups in total. The lowest BCUT2D eigenvalue weighted by Crippen LogP contribution is -2.35. The Hall–Kier alpha value is -3.41. The molecule has 4 rings (SSSR count). The van der Waals surface area contributed by atoms with Crippen molar-refractivity contribution in [3.8, 4) is 5.75 Å². The minimum atomic E-state index is -3.71. The number of ether oxygens (including phenoxy) is 1. The van der Waals surface area contributed by atoms with Gasteiger partial charge in [-0.1, -0.05) is 24.6 Å². The van der Waals surface area contributed by atoms with E-state index in [1.165, 1.54) is 39.9 Å². The van der Waals surface area contributed by atoms with Crippen molar-refractivity contribution < 1.29 is 26.4 Å². The molecule has 1 heterocycles. The van der Waals surface area contributed by atoms with Crippen LogP contribution < -0.4 is 14.4 Å². The maximum absolute atomic E-state index is 12.8. The number of anilines is 1. The summed E-state index contributed by atoms with van der Waals surface area (Å²) >= 11 is 0. The van der Waals surface area contributed by atoms with E-state index in [-0.39, 0.29) is 28.8 Å². The first-order valence-corrected chi connectivity index (χ1v) is 15.2. The number of nitrogens with zero attached hydrogens (tertiary/aromatic N) is 2. The van der Waals surface area contributed by atoms with Gasteiger partial charge in [-0.05, 0) is 73.5 Å². The molecule has 1 aliphatic rings. The van der Waals surface area contributed by atoms with E-state index in [9.17, 15) is 21.6 Å². The molecule has 11 heteroatoms. The molecular weight excluding hydrogens is 526 g/mol. The molecule has 0 aliphatic carbocycles. The van der Waals surface area contributed by atoms with E-state index in [1.54, 1.807) is 54.6 Å². The molecule has 202 valence electrons. The third kappa shape index (κ3) is 6.35. The Bertz CT molecular complexity index is 1440. The predicted molar refractivity (Wildman–Crippen MR) is 145 cm³/mol. The summed E-state index contributed by atoms with van der Waals surface area (Å²) in [5.41, 5.74) is 0.811. The SMILES string of the molecule is CN(c1ccc(C(=O)NCCOc2ccc(S(=O)(=O)N3CCCCC3)cc2)cc1)S(=O)(=O)c1ccccc1. The minimum absolute atomic E-state index is 0.183. The Kier molecular flexibility index (Phi) is 8.70. The number of nitrogens with one attached hydrogen (secondary N) is 1. The average molecular weight is 558 g/mol. The second kappa shape index (κ2) is 12.0. The lowest BCUT2D eigenvalue weighted by molar-refractivity contribution is 0.0947. The van der Waals surface area contributed by atoms with Crippen molar-refractivity contribution >= 4 is 31.6 Å². The van der Waals surface area contributed by atoms with Gasteiger partial charge in [-0.15, -0.1) is 0 Å². The number of carbonyl (C=O) groups excluding carboxylic acids is 1. The van der Waals surface area contributed by atoms with Crippen molar-refractivity contribution in [1.29, 1.82) is 0 Å². The molecule has 0 saturated carbocycles. The van der Waals surface area contributed by atoms with Gasteiger partial charge in [0, 0.05) is 25.7 Å². The Morgan fingerprint density at radius 1 is 0.842 bits per heavy atom. The third-order valence-electron chi connectivity index (χ3n) is 6.33. The number of amides is 1. The normalized spacial score (nSPS) is 14.6. The van der Waals surface area contributed by atoms with Crippen LogP contribution >= 0.6 is 0 Å². The van der Waals surface area contributed by atoms with Crippen LogP contribution in [0.1, 0.15) is 29.6 Å². The first-order valence-electron chi connectivity index (χ1n) is 12.3. The van der Waals surface area contributed by atoms with Gasteiger partial charge in [0.1, 0.15) is 12.4 Å². The molecule has 38 heavy (non-hydrogen) atoms. The summed E-state index contributed by atoms with van der Waals surface area (Å²) in [6.07, 6.45) is 2.81. The molecule has 3 aromatic rings. The van der Waals surface area contributed by atoms with Crippen molar-refractivity contribution in [2.45, 2.75) is 29.1 Å². The summed E-state index contributed by atoms with van der Waals surface area (Å²) in [6.45, 7) is 1.52. The van der Waals surface area contributed by atoms with Gasteiger partial charge in [-0.25, -0.2) is 16.8 Å². The fourth-order valence-corrected chi connectivity index (χ4v) is 6.84. The summed E-state index contributed by atoms with van der Waals surface area (Å²) < 4.78 is 59.4. The standard InChI is InChI=1S/C27H31N3O6S2/c1-29(37(32,33)25-8-4-2-5-9-25)23-12-10-22(11-13-23)27(31)28-18-21-36-24-14-16-26(17-15-24)38(34,35)30-19-6-3-7-20-30/h2,4-5,8-17H,3,6-7,18-21H2,1H3,(H,28,31). The van der Waals surface area contributed by atoms with Crippen LogP contribution in [-0.2, 0) is 20.0 Å². The lowest BCUT2D eigenvalue weighted by atomic mass is 10.2. The van der Waals surface area contributed by atoms with Crippen LogP contribution in [-0.4, -0.2) is 60.3 Å². The topological polar surface area (TPSA) is 113 Å². The average Bonchev–Trinajstić information content (AvgIpc) is 2.96. The molecule has 1 aliphatic heterocycles. The number of rotatable bonds is 10. The zero-order chi connectivity index (χ0) is 27.2. The first-order chi connectivity index (χ1) is 18.2. The highest BCUT2D eigenvalue weighted by atomic mass is 32.2. The molecule has 1 fully saturated rings. The van der Waals surface area contributed by atoms with Crippen LogP contribution in [0.4, 0.5) is 5.69 Å². The molecule has 1 saturated heterocycles. The van der Waals surface area contributed by atoms with E-state index < -0.39 is 20.0 Å². The second-order valence-corrected chi connectivity index (χ2v) is 12.8. The number of piperidine rings is 1. The van der Waals surface area contributed by atoms with Crippen molar-refractivity contribution in [3.05, 3.63) is 84.4 Å². The van der Waals surface area contributed by atoms with Crippen molar-refractivity contribution in [2.24, 2.45) is 0 Å². The number of hydrogen-bond donors (Lipinski definition) is 1. The van der Waals surface area contributed by atoms with Gasteiger partial charge in [-0.3, -0.25) is 9.10 Å². The Labute approximate surface area is 224 Å². The smallest absolute Gasteiger partial charge is 0.264 e. The van der Waals surface area contributed by atoms with Crippen LogP contribution in [0.2, 0.25) is 0 Å². The highest BCUT2D eigenvalue weighted by molar-refractivity contribution is 7.92. The molecule has 0 aromatic heterocycles. The van der Waals surface area contributed by atoms with E-state index >= 15 is 0 Å². The number of carbonyl (C=O) groups is 1. The van der Waals surface area contributed by atoms with Crippen molar-refractivity contribution in [1.82, 2.24) is 9.62 Å². The van der Waals surface area contributed by atoms with E-state index in [0.717, 1.165) is 19.3 Å². The monoisotopic (exact) mass is 557 g/mol. The van der Waals surface area contributed by atoms with Crippen LogP contribution in [0.5, 0.6) is 5.75 Å². The minimum Gasteiger partial charge on any atom is -0.492 e. The summed E-state index contributed by atoms with van der Waals surface area (Å²) in [5.74, 6) is 0.181. The predicted octanol–water partition coefficient (Wildman–Crippen LogP) is 3.50. The first kappa shape index (κ1) is 27.6. The highest BCUT2D eigenvalue weighted by Crippen LogP contribution is 2.24. The maximum Gasteiger partial charge on any atom is 0.264 e. The van der Waals surface area contributed by atoms with Gasteiger partial charge < -0.3 is 10.1 Å². The van der Waals surface area contributed by atoms with Gasteiger partial charge in [0.25, 0.3) is 15.9 Å². The molecule has 0 atom stereocenters. The summed E-state index contributed by atoms with van der Waals surface area (Å²) in [6, 6.07) is 20.7. The van der Waals surface area contributed by atoms with Gasteiger partial charge in [0.15, 0.2) is 0 Å². The van der Waals surface area contributed by atoms with Crippen molar-refractivity contribution in [2.75, 3.05) is 37.6 Å². The lowest BCUT2D eigenvalue weighted by Gasteiger charge is -2.25. The van der Waals surface area contributed by atoms with E-state index in [0.29, 0.717) is 30.1 Å². The Morgan fingerprint density at radius 3 is 2.11 bits per heavy atom. The molecule has 9 nitrogen and oxygen atoms in total. The van der Waals surface area contributed by atoms with E-state index in [4.69, 9.17) is 4.74 Å². The Morgan fingerprint density at radius 2 is 1.47 bits per heavy atom. The molecule has 0 radical (unpaired) electrons. The maximum atomic E-state index is 12.8. The molecule has 3 aromatic carbocycles. The molecular formula is C27H31N3O6S2. The van der Waals surface area contributed by atoms with Gasteiger partial charge in [0.2, 0.25) is 10.0 Å². The van der Waals surface area contributed by atoms with Crippen LogP contribution in [0, 0.1) is 0 Å². The van der Waals surface area contributed by atoms with Crippen LogP contribution in [0.15, 0.2) is 88.7 Å². The Balaban J connectivity index is 1.26. The zero-order valence-electron chi connectivity index (χ0n) is 21.1. The zero-order valence-corrected chi connectivity index (χ0v) is 22.7. The summed E-state index contributed by atoms with van der Waals surface area (Å²) in [5, 5.41) is 2.75. The second-order valence-electron chi connectivity index (χ2n) is 8.87. The van der Waals surface area contributed by atoms with Crippen molar-refractivity contribution in [3.63, 3.8) is 0 Å². The number of hydrogen-bond acceptors (Lipinski definition) is 6. The van der Waals surface area contributed by atoms with Crippen LogP contribution in [0.25, 0.3) is 0 Å². The summed E-state index contributed by atoms with van der Waals surface area (Å²) in [4.78, 5) is 12.9. The number of benzene rings is 3. The van der Waals surface area contributed by atoms with Gasteiger partial charge in [0.05, 0.1) is 22.0 Å². The quantitative estimate of drug-likeness (QED) is 0.382. The van der Waals surface area contributed by atoms with Crippen LogP contribution in [0.3, 0.4) is 0 Å². The van der Waals surface area contributed by atoms with Gasteiger partial charge in [-0.2, -0.15) is 4.31 Å². The third-order valence-corrected chi connectivity index (χ3v) is 10.0. The van der Waals surface area contributed by atoms with E-state index in [2.05, 4.69) is 5.32 Å². The largest absolute Gasteiger partial charge is 0.492 e. The van der Waals surface area contributed by atoms with E-state index in [1.807, 2.05) is 0 Å². The fraction of sp³-hybridized carbons (Fsp3) is 0.296. The highest BCUT2D eigenvalue weighted by Gasteiger charge is 2.26. The number of sulfonamides is 2. The molecule has 0 spiro atoms. The summed E-state index contributed by atoms with van der Waals surface area (Å²) in [7, 11) is -5.74. The molecule has 0 bridgehead atoms. The fourth-order valence-electron chi connectivity index (χ4n) is 4.11.